The van der Waals surface area contributed by atoms with E-state index in [1.165, 1.54) is 19.3 Å². The van der Waals surface area contributed by atoms with Crippen molar-refractivity contribution in [2.24, 2.45) is 4.99 Å². The van der Waals surface area contributed by atoms with Gasteiger partial charge in [0.15, 0.2) is 5.96 Å². The van der Waals surface area contributed by atoms with E-state index < -0.39 is 0 Å². The third kappa shape index (κ3) is 6.46. The van der Waals surface area contributed by atoms with Crippen molar-refractivity contribution in [3.63, 3.8) is 0 Å². The second kappa shape index (κ2) is 11.0. The molecule has 3 rings (SSSR count). The maximum absolute atomic E-state index is 5.77. The first-order valence-electron chi connectivity index (χ1n) is 11.2. The van der Waals surface area contributed by atoms with E-state index in [0.29, 0.717) is 0 Å². The van der Waals surface area contributed by atoms with Gasteiger partial charge in [0.2, 0.25) is 0 Å². The maximum atomic E-state index is 5.77. The molecular formula is C22H39N5O2. The van der Waals surface area contributed by atoms with Crippen molar-refractivity contribution in [2.45, 2.75) is 51.6 Å². The first-order valence-corrected chi connectivity index (χ1v) is 11.2. The number of hydrogen-bond donors (Lipinski definition) is 2. The Kier molecular flexibility index (Phi) is 8.39. The molecule has 2 N–H and O–H groups in total. The molecule has 1 aromatic rings. The predicted molar refractivity (Wildman–Crippen MR) is 117 cm³/mol. The number of guanidine groups is 1. The summed E-state index contributed by atoms with van der Waals surface area (Å²) >= 11 is 0. The maximum Gasteiger partial charge on any atom is 0.191 e. The van der Waals surface area contributed by atoms with Crippen LogP contribution in [0.4, 0.5) is 0 Å². The summed E-state index contributed by atoms with van der Waals surface area (Å²) in [5, 5.41) is 6.98. The van der Waals surface area contributed by atoms with Gasteiger partial charge in [0, 0.05) is 31.7 Å². The normalized spacial score (nSPS) is 21.1. The molecule has 0 spiro atoms. The fraction of sp³-hybridized carbons (Fsp3) is 0.773. The molecule has 0 saturated carbocycles. The fourth-order valence-electron chi connectivity index (χ4n) is 4.20. The van der Waals surface area contributed by atoms with Gasteiger partial charge >= 0.3 is 0 Å². The first-order chi connectivity index (χ1) is 14.1. The van der Waals surface area contributed by atoms with Crippen LogP contribution in [0.15, 0.2) is 27.8 Å². The zero-order valence-corrected chi connectivity index (χ0v) is 18.5. The van der Waals surface area contributed by atoms with Crippen LogP contribution in [0, 0.1) is 0 Å². The summed E-state index contributed by atoms with van der Waals surface area (Å²) in [4.78, 5) is 9.93. The highest BCUT2D eigenvalue weighted by Gasteiger charge is 2.28. The van der Waals surface area contributed by atoms with Crippen LogP contribution in [0.1, 0.15) is 51.8 Å². The lowest BCUT2D eigenvalue weighted by atomic mass is 10.0. The zero-order chi connectivity index (χ0) is 20.5. The largest absolute Gasteiger partial charge is 0.468 e. The monoisotopic (exact) mass is 405 g/mol. The summed E-state index contributed by atoms with van der Waals surface area (Å²) in [7, 11) is 0. The molecule has 2 fully saturated rings. The molecule has 164 valence electrons. The van der Waals surface area contributed by atoms with Crippen molar-refractivity contribution in [1.29, 1.82) is 0 Å². The van der Waals surface area contributed by atoms with Gasteiger partial charge < -0.3 is 19.8 Å². The van der Waals surface area contributed by atoms with Gasteiger partial charge in [-0.1, -0.05) is 6.42 Å². The minimum absolute atomic E-state index is 0.0133. The lowest BCUT2D eigenvalue weighted by Crippen LogP contribution is -2.52. The van der Waals surface area contributed by atoms with Crippen molar-refractivity contribution in [3.8, 4) is 0 Å². The van der Waals surface area contributed by atoms with Gasteiger partial charge in [-0.2, -0.15) is 0 Å². The molecule has 0 aromatic carbocycles. The molecule has 1 aromatic heterocycles. The summed E-state index contributed by atoms with van der Waals surface area (Å²) in [6.45, 7) is 14.9. The number of ether oxygens (including phenoxy) is 1. The highest BCUT2D eigenvalue weighted by Crippen LogP contribution is 2.24. The quantitative estimate of drug-likeness (QED) is 0.512. The van der Waals surface area contributed by atoms with Crippen LogP contribution in [0.25, 0.3) is 0 Å². The summed E-state index contributed by atoms with van der Waals surface area (Å²) in [5.74, 6) is 1.91. The average Bonchev–Trinajstić information content (AvgIpc) is 3.28. The molecule has 2 aliphatic rings. The minimum atomic E-state index is 0.0133. The van der Waals surface area contributed by atoms with E-state index in [1.54, 1.807) is 6.26 Å². The lowest BCUT2D eigenvalue weighted by molar-refractivity contribution is -0.00684. The standard InChI is InChI=1S/C22H39N5O2/c1-4-23-21(25-18-22(2,3)27-12-15-28-16-13-27)24-17-19(20-9-8-14-29-20)26-10-6-5-7-11-26/h8-9,14,19H,4-7,10-13,15-18H2,1-3H3,(H2,23,24,25). The number of morpholine rings is 1. The number of nitrogens with zero attached hydrogens (tertiary/aromatic N) is 3. The van der Waals surface area contributed by atoms with E-state index in [4.69, 9.17) is 14.1 Å². The Morgan fingerprint density at radius 2 is 1.90 bits per heavy atom. The molecule has 2 aliphatic heterocycles. The van der Waals surface area contributed by atoms with E-state index in [0.717, 1.165) is 70.7 Å². The van der Waals surface area contributed by atoms with Crippen LogP contribution in [-0.2, 0) is 4.74 Å². The first kappa shape index (κ1) is 22.1. The highest BCUT2D eigenvalue weighted by molar-refractivity contribution is 5.79. The molecule has 7 nitrogen and oxygen atoms in total. The van der Waals surface area contributed by atoms with Crippen molar-refractivity contribution in [1.82, 2.24) is 20.4 Å². The van der Waals surface area contributed by atoms with Gasteiger partial charge in [-0.05, 0) is 58.8 Å². The fourth-order valence-corrected chi connectivity index (χ4v) is 4.20. The summed E-state index contributed by atoms with van der Waals surface area (Å²) < 4.78 is 11.3. The van der Waals surface area contributed by atoms with Crippen molar-refractivity contribution >= 4 is 5.96 Å². The average molecular weight is 406 g/mol. The van der Waals surface area contributed by atoms with Crippen LogP contribution >= 0.6 is 0 Å². The number of furan rings is 1. The molecule has 3 heterocycles. The Hall–Kier alpha value is -1.57. The van der Waals surface area contributed by atoms with Gasteiger partial charge in [0.25, 0.3) is 0 Å². The van der Waals surface area contributed by atoms with Crippen molar-refractivity contribution in [2.75, 3.05) is 59.0 Å². The van der Waals surface area contributed by atoms with Crippen LogP contribution in [-0.4, -0.2) is 80.3 Å². The van der Waals surface area contributed by atoms with E-state index >= 15 is 0 Å². The van der Waals surface area contributed by atoms with Crippen LogP contribution < -0.4 is 10.6 Å². The van der Waals surface area contributed by atoms with E-state index in [-0.39, 0.29) is 11.6 Å². The SMILES string of the molecule is CCNC(=NCC(C)(C)N1CCOCC1)NCC(c1ccco1)N1CCCCC1. The minimum Gasteiger partial charge on any atom is -0.468 e. The third-order valence-corrected chi connectivity index (χ3v) is 6.00. The lowest BCUT2D eigenvalue weighted by Gasteiger charge is -2.40. The molecule has 29 heavy (non-hydrogen) atoms. The van der Waals surface area contributed by atoms with Crippen molar-refractivity contribution in [3.05, 3.63) is 24.2 Å². The van der Waals surface area contributed by atoms with E-state index in [1.807, 2.05) is 6.07 Å². The van der Waals surface area contributed by atoms with E-state index in [2.05, 4.69) is 47.3 Å². The number of hydrogen-bond acceptors (Lipinski definition) is 5. The number of piperidine rings is 1. The molecule has 7 heteroatoms. The predicted octanol–water partition coefficient (Wildman–Crippen LogP) is 2.47. The van der Waals surface area contributed by atoms with Crippen LogP contribution in [0.5, 0.6) is 0 Å². The smallest absolute Gasteiger partial charge is 0.191 e. The van der Waals surface area contributed by atoms with E-state index in [9.17, 15) is 0 Å². The van der Waals surface area contributed by atoms with Gasteiger partial charge in [0.05, 0.1) is 32.1 Å². The number of nitrogens with one attached hydrogen (secondary N) is 2. The van der Waals surface area contributed by atoms with Crippen molar-refractivity contribution < 1.29 is 9.15 Å². The Balaban J connectivity index is 1.62. The number of aliphatic imine (C=N–C) groups is 1. The van der Waals surface area contributed by atoms with Crippen LogP contribution in [0.2, 0.25) is 0 Å². The summed E-state index contributed by atoms with van der Waals surface area (Å²) in [6, 6.07) is 4.31. The molecule has 0 amide bonds. The number of rotatable bonds is 8. The Morgan fingerprint density at radius 3 is 2.55 bits per heavy atom. The van der Waals surface area contributed by atoms with Crippen LogP contribution in [0.3, 0.4) is 0 Å². The molecule has 1 atom stereocenters. The molecule has 1 unspecified atom stereocenters. The molecule has 0 aliphatic carbocycles. The Bertz CT molecular complexity index is 605. The second-order valence-electron chi connectivity index (χ2n) is 8.62. The molecule has 0 bridgehead atoms. The molecular weight excluding hydrogens is 366 g/mol. The third-order valence-electron chi connectivity index (χ3n) is 6.00. The van der Waals surface area contributed by atoms with Gasteiger partial charge in [0.1, 0.15) is 5.76 Å². The summed E-state index contributed by atoms with van der Waals surface area (Å²) in [6.07, 6.45) is 5.63. The van der Waals surface area contributed by atoms with Gasteiger partial charge in [-0.25, -0.2) is 0 Å². The topological polar surface area (TPSA) is 65.3 Å². The Labute approximate surface area is 175 Å². The highest BCUT2D eigenvalue weighted by atomic mass is 16.5. The van der Waals surface area contributed by atoms with Gasteiger partial charge in [-0.3, -0.25) is 14.8 Å². The summed E-state index contributed by atoms with van der Waals surface area (Å²) in [5.41, 5.74) is 0.0133. The molecule has 2 saturated heterocycles. The van der Waals surface area contributed by atoms with Gasteiger partial charge in [-0.15, -0.1) is 0 Å². The second-order valence-corrected chi connectivity index (χ2v) is 8.62. The number of likely N-dealkylation sites (tertiary alicyclic amines) is 1. The Morgan fingerprint density at radius 1 is 1.14 bits per heavy atom. The zero-order valence-electron chi connectivity index (χ0n) is 18.5. The molecule has 0 radical (unpaired) electrons.